The molecule has 0 aromatic heterocycles. The Hall–Kier alpha value is -2.82. The van der Waals surface area contributed by atoms with Gasteiger partial charge in [0.2, 0.25) is 0 Å². The molecule has 1 atom stereocenters. The van der Waals surface area contributed by atoms with Crippen LogP contribution in [0, 0.1) is 5.92 Å². The highest BCUT2D eigenvalue weighted by Crippen LogP contribution is 2.16. The first-order valence-corrected chi connectivity index (χ1v) is 8.85. The van der Waals surface area contributed by atoms with Gasteiger partial charge in [0.1, 0.15) is 12.4 Å². The monoisotopic (exact) mass is 355 g/mol. The minimum Gasteiger partial charge on any atom is -0.508 e. The highest BCUT2D eigenvalue weighted by molar-refractivity contribution is 6.00. The summed E-state index contributed by atoms with van der Waals surface area (Å²) in [5.41, 5.74) is 2.70. The maximum atomic E-state index is 11.2. The summed E-state index contributed by atoms with van der Waals surface area (Å²) in [4.78, 5) is 16.7. The number of oxime groups is 1. The van der Waals surface area contributed by atoms with Crippen molar-refractivity contribution in [3.05, 3.63) is 65.7 Å². The van der Waals surface area contributed by atoms with Crippen molar-refractivity contribution in [3.8, 4) is 5.75 Å². The smallest absolute Gasteiger partial charge is 0.306 e. The first-order valence-electron chi connectivity index (χ1n) is 8.85. The summed E-state index contributed by atoms with van der Waals surface area (Å²) in [5.74, 6) is -0.842. The van der Waals surface area contributed by atoms with Crippen molar-refractivity contribution < 1.29 is 19.8 Å². The Balaban J connectivity index is 1.99. The summed E-state index contributed by atoms with van der Waals surface area (Å²) >= 11 is 0. The Morgan fingerprint density at radius 3 is 2.42 bits per heavy atom. The lowest BCUT2D eigenvalue weighted by atomic mass is 9.97. The van der Waals surface area contributed by atoms with E-state index >= 15 is 0 Å². The summed E-state index contributed by atoms with van der Waals surface area (Å²) in [6.45, 7) is 2.20. The molecule has 0 bridgehead atoms. The Labute approximate surface area is 153 Å². The molecule has 0 aliphatic heterocycles. The van der Waals surface area contributed by atoms with E-state index in [0.29, 0.717) is 25.9 Å². The second kappa shape index (κ2) is 10.2. The maximum absolute atomic E-state index is 11.2. The molecule has 1 unspecified atom stereocenters. The van der Waals surface area contributed by atoms with Crippen LogP contribution in [0.1, 0.15) is 43.7 Å². The van der Waals surface area contributed by atoms with Crippen LogP contribution in [0.4, 0.5) is 0 Å². The molecule has 2 aromatic carbocycles. The molecule has 5 heteroatoms. The van der Waals surface area contributed by atoms with Crippen LogP contribution in [-0.2, 0) is 16.2 Å². The highest BCUT2D eigenvalue weighted by Gasteiger charge is 2.15. The molecular weight excluding hydrogens is 330 g/mol. The van der Waals surface area contributed by atoms with Crippen LogP contribution >= 0.6 is 0 Å². The van der Waals surface area contributed by atoms with E-state index in [1.165, 1.54) is 0 Å². The Bertz CT molecular complexity index is 711. The van der Waals surface area contributed by atoms with Gasteiger partial charge >= 0.3 is 5.97 Å². The second-order valence-electron chi connectivity index (χ2n) is 6.18. The van der Waals surface area contributed by atoms with Crippen molar-refractivity contribution in [3.63, 3.8) is 0 Å². The van der Waals surface area contributed by atoms with Gasteiger partial charge in [-0.1, -0.05) is 54.5 Å². The van der Waals surface area contributed by atoms with Gasteiger partial charge in [0, 0.05) is 0 Å². The van der Waals surface area contributed by atoms with Crippen LogP contribution in [0.25, 0.3) is 0 Å². The fraction of sp³-hybridized carbons (Fsp3) is 0.333. The average molecular weight is 355 g/mol. The van der Waals surface area contributed by atoms with Gasteiger partial charge in [-0.3, -0.25) is 4.79 Å². The standard InChI is InChI=1S/C21H25NO4/c1-2-17(21(24)25)9-6-10-20(18-7-4-3-5-8-18)22-26-15-16-11-13-19(23)14-12-16/h3-5,7-8,11-14,17,23H,2,6,9-10,15H2,1H3,(H,24,25). The van der Waals surface area contributed by atoms with Crippen molar-refractivity contribution in [1.29, 1.82) is 0 Å². The van der Waals surface area contributed by atoms with Gasteiger partial charge in [0.15, 0.2) is 0 Å². The van der Waals surface area contributed by atoms with Crippen LogP contribution in [-0.4, -0.2) is 21.9 Å². The van der Waals surface area contributed by atoms with Crippen LogP contribution in [0.15, 0.2) is 59.8 Å². The molecule has 0 saturated heterocycles. The molecule has 2 N–H and O–H groups in total. The van der Waals surface area contributed by atoms with Crippen LogP contribution in [0.2, 0.25) is 0 Å². The predicted molar refractivity (Wildman–Crippen MR) is 101 cm³/mol. The predicted octanol–water partition coefficient (Wildman–Crippen LogP) is 4.59. The lowest BCUT2D eigenvalue weighted by molar-refractivity contribution is -0.142. The number of carboxylic acids is 1. The summed E-state index contributed by atoms with van der Waals surface area (Å²) in [6.07, 6.45) is 2.64. The summed E-state index contributed by atoms with van der Waals surface area (Å²) < 4.78 is 0. The molecule has 0 saturated carbocycles. The molecule has 0 radical (unpaired) electrons. The van der Waals surface area contributed by atoms with Crippen LogP contribution < -0.4 is 0 Å². The third-order valence-corrected chi connectivity index (χ3v) is 4.26. The van der Waals surface area contributed by atoms with Gasteiger partial charge in [-0.05, 0) is 48.9 Å². The largest absolute Gasteiger partial charge is 0.508 e. The maximum Gasteiger partial charge on any atom is 0.306 e. The van der Waals surface area contributed by atoms with Crippen LogP contribution in [0.5, 0.6) is 5.75 Å². The molecule has 0 amide bonds. The van der Waals surface area contributed by atoms with Gasteiger partial charge in [-0.25, -0.2) is 0 Å². The average Bonchev–Trinajstić information content (AvgIpc) is 2.65. The lowest BCUT2D eigenvalue weighted by Gasteiger charge is -2.11. The number of hydrogen-bond acceptors (Lipinski definition) is 4. The number of aromatic hydroxyl groups is 1. The summed E-state index contributed by atoms with van der Waals surface area (Å²) in [6, 6.07) is 16.5. The van der Waals surface area contributed by atoms with Gasteiger partial charge < -0.3 is 15.1 Å². The van der Waals surface area contributed by atoms with Crippen molar-refractivity contribution >= 4 is 11.7 Å². The zero-order valence-electron chi connectivity index (χ0n) is 15.0. The van der Waals surface area contributed by atoms with E-state index in [2.05, 4.69) is 5.16 Å². The quantitative estimate of drug-likeness (QED) is 0.482. The third-order valence-electron chi connectivity index (χ3n) is 4.26. The normalized spacial score (nSPS) is 12.6. The van der Waals surface area contributed by atoms with Gasteiger partial charge in [-0.2, -0.15) is 0 Å². The van der Waals surface area contributed by atoms with Gasteiger partial charge in [-0.15, -0.1) is 0 Å². The molecule has 0 aliphatic carbocycles. The molecule has 2 aromatic rings. The SMILES string of the molecule is CCC(CCCC(=NOCc1ccc(O)cc1)c1ccccc1)C(=O)O. The fourth-order valence-electron chi connectivity index (χ4n) is 2.67. The van der Waals surface area contributed by atoms with Crippen molar-refractivity contribution in [2.24, 2.45) is 11.1 Å². The number of carboxylic acid groups (broad SMARTS) is 1. The summed E-state index contributed by atoms with van der Waals surface area (Å²) in [5, 5.41) is 22.8. The zero-order valence-corrected chi connectivity index (χ0v) is 15.0. The first-order chi connectivity index (χ1) is 12.6. The van der Waals surface area contributed by atoms with Crippen molar-refractivity contribution in [2.45, 2.75) is 39.2 Å². The zero-order chi connectivity index (χ0) is 18.8. The van der Waals surface area contributed by atoms with Crippen molar-refractivity contribution in [1.82, 2.24) is 0 Å². The highest BCUT2D eigenvalue weighted by atomic mass is 16.6. The minimum absolute atomic E-state index is 0.214. The third kappa shape index (κ3) is 6.24. The Kier molecular flexibility index (Phi) is 7.68. The molecule has 0 fully saturated rings. The number of nitrogens with zero attached hydrogens (tertiary/aromatic N) is 1. The number of hydrogen-bond donors (Lipinski definition) is 2. The Morgan fingerprint density at radius 2 is 1.81 bits per heavy atom. The van der Waals surface area contributed by atoms with E-state index in [4.69, 9.17) is 9.94 Å². The van der Waals surface area contributed by atoms with E-state index in [9.17, 15) is 9.90 Å². The number of benzene rings is 2. The molecule has 0 heterocycles. The van der Waals surface area contributed by atoms with E-state index in [1.807, 2.05) is 37.3 Å². The topological polar surface area (TPSA) is 79.1 Å². The van der Waals surface area contributed by atoms with E-state index < -0.39 is 5.97 Å². The van der Waals surface area contributed by atoms with Crippen LogP contribution in [0.3, 0.4) is 0 Å². The second-order valence-corrected chi connectivity index (χ2v) is 6.18. The number of rotatable bonds is 10. The molecule has 26 heavy (non-hydrogen) atoms. The number of aliphatic carboxylic acids is 1. The molecule has 2 rings (SSSR count). The van der Waals surface area contributed by atoms with Crippen molar-refractivity contribution in [2.75, 3.05) is 0 Å². The Morgan fingerprint density at radius 1 is 1.12 bits per heavy atom. The minimum atomic E-state index is -0.741. The van der Waals surface area contributed by atoms with E-state index in [0.717, 1.165) is 23.3 Å². The first kappa shape index (κ1) is 19.5. The summed E-state index contributed by atoms with van der Waals surface area (Å²) in [7, 11) is 0. The fourth-order valence-corrected chi connectivity index (χ4v) is 2.67. The number of phenols is 1. The van der Waals surface area contributed by atoms with Gasteiger partial charge in [0.25, 0.3) is 0 Å². The molecule has 5 nitrogen and oxygen atoms in total. The molecule has 0 aliphatic rings. The van der Waals surface area contributed by atoms with E-state index in [1.54, 1.807) is 24.3 Å². The van der Waals surface area contributed by atoms with E-state index in [-0.39, 0.29) is 11.7 Å². The molecule has 0 spiro atoms. The molecule has 138 valence electrons. The number of phenolic OH excluding ortho intramolecular Hbond substituents is 1. The molecular formula is C21H25NO4. The van der Waals surface area contributed by atoms with Gasteiger partial charge in [0.05, 0.1) is 11.6 Å². The lowest BCUT2D eigenvalue weighted by Crippen LogP contribution is -2.13. The number of carbonyl (C=O) groups is 1.